The first kappa shape index (κ1) is 18.3. The molecule has 0 aliphatic carbocycles. The van der Waals surface area contributed by atoms with Gasteiger partial charge < -0.3 is 10.1 Å². The molecule has 26 heavy (non-hydrogen) atoms. The van der Waals surface area contributed by atoms with Gasteiger partial charge in [-0.15, -0.1) is 0 Å². The highest BCUT2D eigenvalue weighted by Gasteiger charge is 2.07. The van der Waals surface area contributed by atoms with E-state index >= 15 is 0 Å². The molecule has 0 fully saturated rings. The van der Waals surface area contributed by atoms with Crippen LogP contribution in [-0.2, 0) is 13.2 Å². The SMILES string of the molecule is O=C(NCc1ccccc1Cl)c1ccc(COc2ccccc2Cl)cc1. The smallest absolute Gasteiger partial charge is 0.251 e. The van der Waals surface area contributed by atoms with Crippen molar-refractivity contribution in [2.45, 2.75) is 13.2 Å². The molecule has 0 heterocycles. The first-order valence-corrected chi connectivity index (χ1v) is 8.87. The van der Waals surface area contributed by atoms with Crippen molar-refractivity contribution < 1.29 is 9.53 Å². The first-order chi connectivity index (χ1) is 12.6. The molecule has 0 aliphatic heterocycles. The lowest BCUT2D eigenvalue weighted by Gasteiger charge is -2.09. The molecule has 0 unspecified atom stereocenters. The summed E-state index contributed by atoms with van der Waals surface area (Å²) in [5.41, 5.74) is 2.42. The van der Waals surface area contributed by atoms with Crippen LogP contribution in [0.3, 0.4) is 0 Å². The van der Waals surface area contributed by atoms with E-state index in [-0.39, 0.29) is 5.91 Å². The number of hydrogen-bond donors (Lipinski definition) is 1. The number of halogens is 2. The van der Waals surface area contributed by atoms with Gasteiger partial charge in [0, 0.05) is 17.1 Å². The Morgan fingerprint density at radius 2 is 1.50 bits per heavy atom. The number of ether oxygens (including phenoxy) is 1. The molecule has 0 saturated heterocycles. The van der Waals surface area contributed by atoms with Crippen LogP contribution in [-0.4, -0.2) is 5.91 Å². The molecular formula is C21H17Cl2NO2. The lowest BCUT2D eigenvalue weighted by atomic mass is 10.1. The summed E-state index contributed by atoms with van der Waals surface area (Å²) < 4.78 is 5.69. The predicted molar refractivity (Wildman–Crippen MR) is 105 cm³/mol. The highest BCUT2D eigenvalue weighted by Crippen LogP contribution is 2.24. The maximum atomic E-state index is 12.3. The quantitative estimate of drug-likeness (QED) is 0.607. The number of carbonyl (C=O) groups excluding carboxylic acids is 1. The topological polar surface area (TPSA) is 38.3 Å². The maximum absolute atomic E-state index is 12.3. The van der Waals surface area contributed by atoms with E-state index < -0.39 is 0 Å². The highest BCUT2D eigenvalue weighted by atomic mass is 35.5. The van der Waals surface area contributed by atoms with Crippen LogP contribution in [0.15, 0.2) is 72.8 Å². The summed E-state index contributed by atoms with van der Waals surface area (Å²) >= 11 is 12.2. The average molecular weight is 386 g/mol. The third-order valence-corrected chi connectivity index (χ3v) is 4.53. The fourth-order valence-corrected chi connectivity index (χ4v) is 2.79. The van der Waals surface area contributed by atoms with Gasteiger partial charge in [-0.3, -0.25) is 4.79 Å². The summed E-state index contributed by atoms with van der Waals surface area (Å²) in [6, 6.07) is 22.0. The van der Waals surface area contributed by atoms with Crippen molar-refractivity contribution in [1.82, 2.24) is 5.32 Å². The van der Waals surface area contributed by atoms with Gasteiger partial charge in [0.1, 0.15) is 12.4 Å². The summed E-state index contributed by atoms with van der Waals surface area (Å²) in [7, 11) is 0. The van der Waals surface area contributed by atoms with Gasteiger partial charge in [-0.2, -0.15) is 0 Å². The van der Waals surface area contributed by atoms with Gasteiger partial charge in [-0.1, -0.05) is 65.7 Å². The minimum absolute atomic E-state index is 0.150. The van der Waals surface area contributed by atoms with Crippen molar-refractivity contribution in [3.63, 3.8) is 0 Å². The average Bonchev–Trinajstić information content (AvgIpc) is 2.67. The summed E-state index contributed by atoms with van der Waals surface area (Å²) in [6.07, 6.45) is 0. The van der Waals surface area contributed by atoms with Crippen molar-refractivity contribution in [2.75, 3.05) is 0 Å². The fourth-order valence-electron chi connectivity index (χ4n) is 2.39. The van der Waals surface area contributed by atoms with Gasteiger partial charge >= 0.3 is 0 Å². The standard InChI is InChI=1S/C21H17Cl2NO2/c22-18-6-2-1-5-17(18)13-24-21(25)16-11-9-15(10-12-16)14-26-20-8-4-3-7-19(20)23/h1-12H,13-14H2,(H,24,25). The maximum Gasteiger partial charge on any atom is 0.251 e. The zero-order chi connectivity index (χ0) is 18.4. The van der Waals surface area contributed by atoms with Crippen LogP contribution in [0, 0.1) is 0 Å². The van der Waals surface area contributed by atoms with Crippen LogP contribution < -0.4 is 10.1 Å². The fraction of sp³-hybridized carbons (Fsp3) is 0.0952. The van der Waals surface area contributed by atoms with E-state index in [2.05, 4.69) is 5.32 Å². The Hall–Kier alpha value is -2.49. The molecule has 0 radical (unpaired) electrons. The van der Waals surface area contributed by atoms with Crippen LogP contribution in [0.4, 0.5) is 0 Å². The molecule has 0 spiro atoms. The van der Waals surface area contributed by atoms with E-state index in [9.17, 15) is 4.79 Å². The largest absolute Gasteiger partial charge is 0.487 e. The molecule has 132 valence electrons. The number of nitrogens with one attached hydrogen (secondary N) is 1. The van der Waals surface area contributed by atoms with E-state index in [4.69, 9.17) is 27.9 Å². The monoisotopic (exact) mass is 385 g/mol. The van der Waals surface area contributed by atoms with Crippen LogP contribution in [0.1, 0.15) is 21.5 Å². The van der Waals surface area contributed by atoms with Crippen molar-refractivity contribution in [2.24, 2.45) is 0 Å². The number of carbonyl (C=O) groups is 1. The van der Waals surface area contributed by atoms with Crippen LogP contribution in [0.25, 0.3) is 0 Å². The van der Waals surface area contributed by atoms with Gasteiger partial charge in [0.2, 0.25) is 0 Å². The summed E-state index contributed by atoms with van der Waals surface area (Å²) in [6.45, 7) is 0.765. The second-order valence-electron chi connectivity index (χ2n) is 5.69. The van der Waals surface area contributed by atoms with Crippen molar-refractivity contribution in [1.29, 1.82) is 0 Å². The van der Waals surface area contributed by atoms with Crippen molar-refractivity contribution in [3.8, 4) is 5.75 Å². The van der Waals surface area contributed by atoms with Gasteiger partial charge in [0.25, 0.3) is 5.91 Å². The Balaban J connectivity index is 1.56. The Labute approximate surface area is 162 Å². The molecule has 0 saturated carbocycles. The number of benzene rings is 3. The molecule has 0 bridgehead atoms. The molecule has 1 N–H and O–H groups in total. The van der Waals surface area contributed by atoms with Crippen LogP contribution in [0.5, 0.6) is 5.75 Å². The van der Waals surface area contributed by atoms with Gasteiger partial charge in [-0.05, 0) is 41.5 Å². The third-order valence-electron chi connectivity index (χ3n) is 3.84. The molecule has 3 aromatic carbocycles. The van der Waals surface area contributed by atoms with Gasteiger partial charge in [0.05, 0.1) is 5.02 Å². The van der Waals surface area contributed by atoms with E-state index in [1.807, 2.05) is 48.5 Å². The Kier molecular flexibility index (Phi) is 6.16. The molecular weight excluding hydrogens is 369 g/mol. The molecule has 0 aromatic heterocycles. The van der Waals surface area contributed by atoms with E-state index in [1.165, 1.54) is 0 Å². The van der Waals surface area contributed by atoms with Crippen molar-refractivity contribution in [3.05, 3.63) is 99.5 Å². The second-order valence-corrected chi connectivity index (χ2v) is 6.50. The van der Waals surface area contributed by atoms with Crippen LogP contribution >= 0.6 is 23.2 Å². The Morgan fingerprint density at radius 1 is 0.846 bits per heavy atom. The molecule has 1 amide bonds. The number of amides is 1. The van der Waals surface area contributed by atoms with Crippen LogP contribution in [0.2, 0.25) is 10.0 Å². The van der Waals surface area contributed by atoms with E-state index in [0.717, 1.165) is 11.1 Å². The summed E-state index contributed by atoms with van der Waals surface area (Å²) in [4.78, 5) is 12.3. The predicted octanol–water partition coefficient (Wildman–Crippen LogP) is 5.50. The number of hydrogen-bond acceptors (Lipinski definition) is 2. The second kappa shape index (κ2) is 8.75. The normalized spacial score (nSPS) is 10.4. The Bertz CT molecular complexity index is 895. The third kappa shape index (κ3) is 4.78. The van der Waals surface area contributed by atoms with Gasteiger partial charge in [-0.25, -0.2) is 0 Å². The zero-order valence-corrected chi connectivity index (χ0v) is 15.4. The molecule has 3 rings (SSSR count). The van der Waals surface area contributed by atoms with Crippen molar-refractivity contribution >= 4 is 29.1 Å². The van der Waals surface area contributed by atoms with E-state index in [1.54, 1.807) is 24.3 Å². The zero-order valence-electron chi connectivity index (χ0n) is 13.9. The number of para-hydroxylation sites is 1. The lowest BCUT2D eigenvalue weighted by Crippen LogP contribution is -2.22. The minimum atomic E-state index is -0.150. The molecule has 3 aromatic rings. The first-order valence-electron chi connectivity index (χ1n) is 8.11. The highest BCUT2D eigenvalue weighted by molar-refractivity contribution is 6.32. The molecule has 0 atom stereocenters. The Morgan fingerprint density at radius 3 is 2.19 bits per heavy atom. The molecule has 3 nitrogen and oxygen atoms in total. The molecule has 0 aliphatic rings. The summed E-state index contributed by atoms with van der Waals surface area (Å²) in [5.74, 6) is 0.485. The minimum Gasteiger partial charge on any atom is -0.487 e. The van der Waals surface area contributed by atoms with E-state index in [0.29, 0.717) is 34.5 Å². The lowest BCUT2D eigenvalue weighted by molar-refractivity contribution is 0.0951. The van der Waals surface area contributed by atoms with Gasteiger partial charge in [0.15, 0.2) is 0 Å². The number of rotatable bonds is 6. The molecule has 5 heteroatoms. The summed E-state index contributed by atoms with van der Waals surface area (Å²) in [5, 5.41) is 4.08.